The van der Waals surface area contributed by atoms with Gasteiger partial charge in [0.1, 0.15) is 5.76 Å². The maximum atomic E-state index is 5.53. The van der Waals surface area contributed by atoms with Gasteiger partial charge in [-0.15, -0.1) is 11.3 Å². The van der Waals surface area contributed by atoms with Crippen molar-refractivity contribution in [1.82, 2.24) is 10.3 Å². The predicted molar refractivity (Wildman–Crippen MR) is 82.0 cm³/mol. The zero-order chi connectivity index (χ0) is 14.2. The third kappa shape index (κ3) is 2.81. The molecular formula is C16H22N2OS. The van der Waals surface area contributed by atoms with Crippen LogP contribution in [-0.2, 0) is 18.4 Å². The Balaban J connectivity index is 1.65. The second-order valence-electron chi connectivity index (χ2n) is 6.52. The van der Waals surface area contributed by atoms with E-state index in [0.29, 0.717) is 6.04 Å². The molecule has 0 aromatic carbocycles. The Labute approximate surface area is 124 Å². The smallest absolute Gasteiger partial charge is 0.108 e. The number of aromatic nitrogens is 1. The van der Waals surface area contributed by atoms with E-state index in [-0.39, 0.29) is 5.41 Å². The second kappa shape index (κ2) is 5.34. The van der Waals surface area contributed by atoms with Gasteiger partial charge in [0.25, 0.3) is 0 Å². The van der Waals surface area contributed by atoms with Crippen molar-refractivity contribution in [3.8, 4) is 0 Å². The van der Waals surface area contributed by atoms with Crippen LogP contribution in [0.3, 0.4) is 0 Å². The van der Waals surface area contributed by atoms with E-state index in [1.807, 2.05) is 6.26 Å². The Morgan fingerprint density at radius 1 is 1.45 bits per heavy atom. The summed E-state index contributed by atoms with van der Waals surface area (Å²) in [4.78, 5) is 4.74. The van der Waals surface area contributed by atoms with Crippen LogP contribution >= 0.6 is 11.3 Å². The minimum Gasteiger partial charge on any atom is -0.469 e. The molecule has 0 saturated carbocycles. The third-order valence-corrected chi connectivity index (χ3v) is 5.09. The van der Waals surface area contributed by atoms with Crippen LogP contribution in [0.2, 0.25) is 0 Å². The molecule has 1 N–H and O–H groups in total. The first kappa shape index (κ1) is 13.8. The molecule has 1 atom stereocenters. The molecule has 0 radical (unpaired) electrons. The van der Waals surface area contributed by atoms with Crippen LogP contribution in [0.15, 0.2) is 22.1 Å². The van der Waals surface area contributed by atoms with Gasteiger partial charge in [-0.2, -0.15) is 0 Å². The molecule has 0 amide bonds. The van der Waals surface area contributed by atoms with Gasteiger partial charge in [-0.3, -0.25) is 0 Å². The van der Waals surface area contributed by atoms with Crippen LogP contribution in [0.25, 0.3) is 0 Å². The number of hydrogen-bond acceptors (Lipinski definition) is 4. The average Bonchev–Trinajstić information content (AvgIpc) is 3.04. The van der Waals surface area contributed by atoms with Gasteiger partial charge in [0.2, 0.25) is 0 Å². The van der Waals surface area contributed by atoms with Crippen LogP contribution in [-0.4, -0.2) is 4.98 Å². The molecule has 1 unspecified atom stereocenters. The van der Waals surface area contributed by atoms with Gasteiger partial charge in [-0.05, 0) is 18.9 Å². The Morgan fingerprint density at radius 2 is 2.30 bits per heavy atom. The molecule has 0 bridgehead atoms. The van der Waals surface area contributed by atoms with Crippen molar-refractivity contribution in [1.29, 1.82) is 0 Å². The normalized spacial score (nSPS) is 19.1. The van der Waals surface area contributed by atoms with E-state index in [0.717, 1.165) is 24.4 Å². The molecule has 1 aliphatic carbocycles. The lowest BCUT2D eigenvalue weighted by molar-refractivity contribution is 0.409. The van der Waals surface area contributed by atoms with Crippen molar-refractivity contribution in [3.05, 3.63) is 39.7 Å². The zero-order valence-corrected chi connectivity index (χ0v) is 13.2. The summed E-state index contributed by atoms with van der Waals surface area (Å²) in [6.45, 7) is 7.47. The standard InChI is InChI=1S/C16H22N2OS/c1-16(2,3)15-18-11(10-20-15)9-17-13-5-4-6-14-12(13)7-8-19-14/h7-8,10,13,17H,4-6,9H2,1-3H3. The van der Waals surface area contributed by atoms with E-state index in [9.17, 15) is 0 Å². The predicted octanol–water partition coefficient (Wildman–Crippen LogP) is 4.20. The summed E-state index contributed by atoms with van der Waals surface area (Å²) in [5, 5.41) is 7.01. The largest absolute Gasteiger partial charge is 0.469 e. The Morgan fingerprint density at radius 3 is 3.05 bits per heavy atom. The number of aryl methyl sites for hydroxylation is 1. The van der Waals surface area contributed by atoms with E-state index >= 15 is 0 Å². The fourth-order valence-corrected chi connectivity index (χ4v) is 3.57. The molecule has 2 heterocycles. The molecule has 2 aromatic rings. The van der Waals surface area contributed by atoms with E-state index in [1.54, 1.807) is 11.3 Å². The van der Waals surface area contributed by atoms with Gasteiger partial charge < -0.3 is 9.73 Å². The first-order chi connectivity index (χ1) is 9.54. The average molecular weight is 290 g/mol. The monoisotopic (exact) mass is 290 g/mol. The molecule has 1 aliphatic rings. The number of nitrogens with one attached hydrogen (secondary N) is 1. The molecule has 0 saturated heterocycles. The van der Waals surface area contributed by atoms with Crippen LogP contribution in [0.1, 0.15) is 61.7 Å². The third-order valence-electron chi connectivity index (χ3n) is 3.77. The number of rotatable bonds is 3. The highest BCUT2D eigenvalue weighted by Crippen LogP contribution is 2.31. The fraction of sp³-hybridized carbons (Fsp3) is 0.562. The summed E-state index contributed by atoms with van der Waals surface area (Å²) in [6.07, 6.45) is 5.27. The SMILES string of the molecule is CC(C)(C)c1nc(CNC2CCCc3occc32)cs1. The molecular weight excluding hydrogens is 268 g/mol. The van der Waals surface area contributed by atoms with Crippen molar-refractivity contribution in [3.63, 3.8) is 0 Å². The number of nitrogens with zero attached hydrogens (tertiary/aromatic N) is 1. The Hall–Kier alpha value is -1.13. The van der Waals surface area contributed by atoms with Crippen molar-refractivity contribution in [2.75, 3.05) is 0 Å². The van der Waals surface area contributed by atoms with Gasteiger partial charge in [0, 0.05) is 35.4 Å². The van der Waals surface area contributed by atoms with Crippen molar-refractivity contribution < 1.29 is 4.42 Å². The first-order valence-corrected chi connectivity index (χ1v) is 8.16. The molecule has 108 valence electrons. The summed E-state index contributed by atoms with van der Waals surface area (Å²) in [7, 11) is 0. The van der Waals surface area contributed by atoms with Gasteiger partial charge in [-0.25, -0.2) is 4.98 Å². The molecule has 2 aromatic heterocycles. The maximum absolute atomic E-state index is 5.53. The maximum Gasteiger partial charge on any atom is 0.108 e. The minimum atomic E-state index is 0.144. The molecule has 3 rings (SSSR count). The molecule has 4 heteroatoms. The van der Waals surface area contributed by atoms with Crippen molar-refractivity contribution in [2.24, 2.45) is 0 Å². The fourth-order valence-electron chi connectivity index (χ4n) is 2.66. The van der Waals surface area contributed by atoms with Crippen LogP contribution in [0.5, 0.6) is 0 Å². The summed E-state index contributed by atoms with van der Waals surface area (Å²) in [5.74, 6) is 1.16. The summed E-state index contributed by atoms with van der Waals surface area (Å²) in [5.41, 5.74) is 2.63. The van der Waals surface area contributed by atoms with E-state index in [1.165, 1.54) is 23.4 Å². The molecule has 0 aliphatic heterocycles. The molecule has 0 spiro atoms. The van der Waals surface area contributed by atoms with E-state index in [2.05, 4.69) is 37.5 Å². The summed E-state index contributed by atoms with van der Waals surface area (Å²) < 4.78 is 5.53. The van der Waals surface area contributed by atoms with Gasteiger partial charge in [-0.1, -0.05) is 20.8 Å². The highest BCUT2D eigenvalue weighted by Gasteiger charge is 2.23. The summed E-state index contributed by atoms with van der Waals surface area (Å²) in [6, 6.07) is 2.52. The van der Waals surface area contributed by atoms with E-state index in [4.69, 9.17) is 9.40 Å². The molecule has 0 fully saturated rings. The second-order valence-corrected chi connectivity index (χ2v) is 7.38. The van der Waals surface area contributed by atoms with Gasteiger partial charge in [0.15, 0.2) is 0 Å². The van der Waals surface area contributed by atoms with Crippen molar-refractivity contribution >= 4 is 11.3 Å². The van der Waals surface area contributed by atoms with Crippen LogP contribution < -0.4 is 5.32 Å². The lowest BCUT2D eigenvalue weighted by atomic mass is 9.93. The lowest BCUT2D eigenvalue weighted by Crippen LogP contribution is -2.24. The first-order valence-electron chi connectivity index (χ1n) is 7.28. The van der Waals surface area contributed by atoms with Gasteiger partial charge >= 0.3 is 0 Å². The number of fused-ring (bicyclic) bond motifs is 1. The topological polar surface area (TPSA) is 38.1 Å². The molecule has 3 nitrogen and oxygen atoms in total. The van der Waals surface area contributed by atoms with Crippen LogP contribution in [0, 0.1) is 0 Å². The zero-order valence-electron chi connectivity index (χ0n) is 12.4. The number of hydrogen-bond donors (Lipinski definition) is 1. The Bertz CT molecular complexity index is 579. The van der Waals surface area contributed by atoms with Gasteiger partial charge in [0.05, 0.1) is 17.0 Å². The minimum absolute atomic E-state index is 0.144. The van der Waals surface area contributed by atoms with Crippen molar-refractivity contribution in [2.45, 2.75) is 58.0 Å². The number of thiazole rings is 1. The Kier molecular flexibility index (Phi) is 3.69. The highest BCUT2D eigenvalue weighted by atomic mass is 32.1. The van der Waals surface area contributed by atoms with E-state index < -0.39 is 0 Å². The number of furan rings is 1. The summed E-state index contributed by atoms with van der Waals surface area (Å²) >= 11 is 1.76. The quantitative estimate of drug-likeness (QED) is 0.920. The highest BCUT2D eigenvalue weighted by molar-refractivity contribution is 7.09. The van der Waals surface area contributed by atoms with Crippen LogP contribution in [0.4, 0.5) is 0 Å². The lowest BCUT2D eigenvalue weighted by Gasteiger charge is -2.22. The molecule has 20 heavy (non-hydrogen) atoms.